The number of hydrogen-bond donors (Lipinski definition) is 1. The molecule has 2 nitrogen and oxygen atoms in total. The first-order valence-electron chi connectivity index (χ1n) is 5.59. The standard InChI is InChI=1S/C14H15ClN2/c1-10-7-14(9-16-8-10)17-11(2)12-3-5-13(15)6-4-12/h3-9,11,17H,1-2H3. The van der Waals surface area contributed by atoms with E-state index in [1.54, 1.807) is 0 Å². The van der Waals surface area contributed by atoms with Crippen molar-refractivity contribution < 1.29 is 0 Å². The van der Waals surface area contributed by atoms with Crippen molar-refractivity contribution in [1.82, 2.24) is 4.98 Å². The van der Waals surface area contributed by atoms with E-state index in [0.717, 1.165) is 16.3 Å². The van der Waals surface area contributed by atoms with Gasteiger partial charge < -0.3 is 5.32 Å². The van der Waals surface area contributed by atoms with Crippen molar-refractivity contribution in [3.63, 3.8) is 0 Å². The summed E-state index contributed by atoms with van der Waals surface area (Å²) < 4.78 is 0. The van der Waals surface area contributed by atoms with E-state index in [2.05, 4.69) is 23.3 Å². The zero-order valence-corrected chi connectivity index (χ0v) is 10.7. The van der Waals surface area contributed by atoms with Gasteiger partial charge in [0.2, 0.25) is 0 Å². The number of anilines is 1. The molecule has 1 atom stereocenters. The second-order valence-electron chi connectivity index (χ2n) is 4.17. The van der Waals surface area contributed by atoms with Crippen LogP contribution in [0.25, 0.3) is 0 Å². The predicted octanol–water partition coefficient (Wildman–Crippen LogP) is 4.22. The van der Waals surface area contributed by atoms with Gasteiger partial charge in [0.25, 0.3) is 0 Å². The van der Waals surface area contributed by atoms with Crippen LogP contribution in [0.4, 0.5) is 5.69 Å². The molecule has 0 fully saturated rings. The first-order valence-corrected chi connectivity index (χ1v) is 5.96. The van der Waals surface area contributed by atoms with E-state index in [1.807, 2.05) is 43.6 Å². The summed E-state index contributed by atoms with van der Waals surface area (Å²) in [5, 5.41) is 4.18. The molecule has 0 aliphatic rings. The van der Waals surface area contributed by atoms with Crippen LogP contribution >= 0.6 is 11.6 Å². The van der Waals surface area contributed by atoms with Crippen LogP contribution in [-0.2, 0) is 0 Å². The number of aromatic nitrogens is 1. The number of nitrogens with zero attached hydrogens (tertiary/aromatic N) is 1. The highest BCUT2D eigenvalue weighted by atomic mass is 35.5. The minimum atomic E-state index is 0.232. The van der Waals surface area contributed by atoms with Crippen molar-refractivity contribution in [2.75, 3.05) is 5.32 Å². The molecule has 1 aromatic carbocycles. The van der Waals surface area contributed by atoms with Crippen LogP contribution in [0.2, 0.25) is 5.02 Å². The molecular formula is C14H15ClN2. The molecule has 0 aliphatic heterocycles. The van der Waals surface area contributed by atoms with Crippen molar-refractivity contribution in [2.24, 2.45) is 0 Å². The summed E-state index contributed by atoms with van der Waals surface area (Å²) >= 11 is 5.87. The number of aryl methyl sites for hydroxylation is 1. The van der Waals surface area contributed by atoms with E-state index in [0.29, 0.717) is 0 Å². The minimum absolute atomic E-state index is 0.232. The molecule has 1 heterocycles. The van der Waals surface area contributed by atoms with Crippen LogP contribution in [0, 0.1) is 6.92 Å². The molecule has 17 heavy (non-hydrogen) atoms. The molecule has 0 saturated heterocycles. The Balaban J connectivity index is 2.11. The molecule has 0 aliphatic carbocycles. The van der Waals surface area contributed by atoms with Gasteiger partial charge in [-0.2, -0.15) is 0 Å². The zero-order valence-electron chi connectivity index (χ0n) is 9.94. The Morgan fingerprint density at radius 2 is 1.88 bits per heavy atom. The maximum absolute atomic E-state index is 5.87. The first kappa shape index (κ1) is 11.9. The highest BCUT2D eigenvalue weighted by Crippen LogP contribution is 2.20. The van der Waals surface area contributed by atoms with E-state index in [1.165, 1.54) is 5.56 Å². The van der Waals surface area contributed by atoms with Gasteiger partial charge in [-0.15, -0.1) is 0 Å². The molecule has 0 saturated carbocycles. The Kier molecular flexibility index (Phi) is 3.64. The van der Waals surface area contributed by atoms with Gasteiger partial charge >= 0.3 is 0 Å². The third kappa shape index (κ3) is 3.21. The number of rotatable bonds is 3. The Morgan fingerprint density at radius 1 is 1.18 bits per heavy atom. The van der Waals surface area contributed by atoms with Gasteiger partial charge in [-0.25, -0.2) is 0 Å². The molecule has 2 aromatic rings. The lowest BCUT2D eigenvalue weighted by atomic mass is 10.1. The fraction of sp³-hybridized carbons (Fsp3) is 0.214. The topological polar surface area (TPSA) is 24.9 Å². The molecule has 3 heteroatoms. The fourth-order valence-corrected chi connectivity index (χ4v) is 1.84. The van der Waals surface area contributed by atoms with E-state index in [4.69, 9.17) is 11.6 Å². The smallest absolute Gasteiger partial charge is 0.0534 e. The molecule has 1 aromatic heterocycles. The largest absolute Gasteiger partial charge is 0.377 e. The third-order valence-corrected chi connectivity index (χ3v) is 2.88. The maximum Gasteiger partial charge on any atom is 0.0534 e. The van der Waals surface area contributed by atoms with Crippen LogP contribution in [0.3, 0.4) is 0 Å². The Hall–Kier alpha value is -1.54. The molecule has 0 spiro atoms. The highest BCUT2D eigenvalue weighted by Gasteiger charge is 2.05. The summed E-state index contributed by atoms with van der Waals surface area (Å²) in [7, 11) is 0. The highest BCUT2D eigenvalue weighted by molar-refractivity contribution is 6.30. The summed E-state index contributed by atoms with van der Waals surface area (Å²) in [6, 6.07) is 10.2. The number of nitrogens with one attached hydrogen (secondary N) is 1. The van der Waals surface area contributed by atoms with Crippen LogP contribution in [0.15, 0.2) is 42.7 Å². The molecule has 88 valence electrons. The Labute approximate surface area is 107 Å². The first-order chi connectivity index (χ1) is 8.15. The summed E-state index contributed by atoms with van der Waals surface area (Å²) in [6.07, 6.45) is 3.68. The zero-order chi connectivity index (χ0) is 12.3. The summed E-state index contributed by atoms with van der Waals surface area (Å²) in [5.41, 5.74) is 3.39. The van der Waals surface area contributed by atoms with E-state index < -0.39 is 0 Å². The van der Waals surface area contributed by atoms with Gasteiger partial charge in [0, 0.05) is 23.5 Å². The van der Waals surface area contributed by atoms with E-state index in [-0.39, 0.29) is 6.04 Å². The number of benzene rings is 1. The molecular weight excluding hydrogens is 232 g/mol. The summed E-state index contributed by atoms with van der Waals surface area (Å²) in [4.78, 5) is 4.16. The molecule has 0 bridgehead atoms. The molecule has 1 unspecified atom stereocenters. The van der Waals surface area contributed by atoms with Gasteiger partial charge in [-0.05, 0) is 43.2 Å². The van der Waals surface area contributed by atoms with Gasteiger partial charge in [0.1, 0.15) is 0 Å². The molecule has 1 N–H and O–H groups in total. The van der Waals surface area contributed by atoms with Crippen molar-refractivity contribution in [3.8, 4) is 0 Å². The van der Waals surface area contributed by atoms with Gasteiger partial charge in [-0.3, -0.25) is 4.98 Å². The van der Waals surface area contributed by atoms with Crippen molar-refractivity contribution in [1.29, 1.82) is 0 Å². The second kappa shape index (κ2) is 5.19. The fourth-order valence-electron chi connectivity index (χ4n) is 1.72. The van der Waals surface area contributed by atoms with Crippen molar-refractivity contribution in [3.05, 3.63) is 58.9 Å². The monoisotopic (exact) mass is 246 g/mol. The average molecular weight is 247 g/mol. The van der Waals surface area contributed by atoms with Crippen LogP contribution < -0.4 is 5.32 Å². The third-order valence-electron chi connectivity index (χ3n) is 2.63. The van der Waals surface area contributed by atoms with Crippen LogP contribution in [0.1, 0.15) is 24.1 Å². The molecule has 0 amide bonds. The van der Waals surface area contributed by atoms with Crippen molar-refractivity contribution >= 4 is 17.3 Å². The normalized spacial score (nSPS) is 12.2. The Bertz CT molecular complexity index is 494. The predicted molar refractivity (Wildman–Crippen MR) is 72.5 cm³/mol. The van der Waals surface area contributed by atoms with E-state index in [9.17, 15) is 0 Å². The molecule has 2 rings (SSSR count). The number of halogens is 1. The van der Waals surface area contributed by atoms with E-state index >= 15 is 0 Å². The van der Waals surface area contributed by atoms with Gasteiger partial charge in [0.05, 0.1) is 5.69 Å². The molecule has 0 radical (unpaired) electrons. The quantitative estimate of drug-likeness (QED) is 0.877. The maximum atomic E-state index is 5.87. The van der Waals surface area contributed by atoms with Gasteiger partial charge in [0.15, 0.2) is 0 Å². The number of pyridine rings is 1. The number of hydrogen-bond acceptors (Lipinski definition) is 2. The second-order valence-corrected chi connectivity index (χ2v) is 4.60. The van der Waals surface area contributed by atoms with Gasteiger partial charge in [-0.1, -0.05) is 23.7 Å². The van der Waals surface area contributed by atoms with Crippen LogP contribution in [-0.4, -0.2) is 4.98 Å². The summed E-state index contributed by atoms with van der Waals surface area (Å²) in [6.45, 7) is 4.15. The lowest BCUT2D eigenvalue weighted by molar-refractivity contribution is 0.882. The van der Waals surface area contributed by atoms with Crippen LogP contribution in [0.5, 0.6) is 0 Å². The minimum Gasteiger partial charge on any atom is -0.377 e. The summed E-state index contributed by atoms with van der Waals surface area (Å²) in [5.74, 6) is 0. The average Bonchev–Trinajstić information content (AvgIpc) is 2.29. The van der Waals surface area contributed by atoms with Crippen molar-refractivity contribution in [2.45, 2.75) is 19.9 Å². The SMILES string of the molecule is Cc1cncc(NC(C)c2ccc(Cl)cc2)c1. The Morgan fingerprint density at radius 3 is 2.53 bits per heavy atom. The lowest BCUT2D eigenvalue weighted by Gasteiger charge is -2.15. The lowest BCUT2D eigenvalue weighted by Crippen LogP contribution is -2.06.